The van der Waals surface area contributed by atoms with E-state index >= 15 is 0 Å². The van der Waals surface area contributed by atoms with Crippen molar-refractivity contribution in [1.29, 1.82) is 0 Å². The summed E-state index contributed by atoms with van der Waals surface area (Å²) in [5.74, 6) is 3.32. The van der Waals surface area contributed by atoms with Crippen molar-refractivity contribution in [3.63, 3.8) is 0 Å². The van der Waals surface area contributed by atoms with E-state index in [0.717, 1.165) is 24.1 Å². The fourth-order valence-corrected chi connectivity index (χ4v) is 3.12. The topological polar surface area (TPSA) is 21.3 Å². The highest BCUT2D eigenvalue weighted by Gasteiger charge is 2.20. The van der Waals surface area contributed by atoms with E-state index in [1.165, 1.54) is 42.6 Å². The average Bonchev–Trinajstić information content (AvgIpc) is 3.26. The van der Waals surface area contributed by atoms with Crippen molar-refractivity contribution < 1.29 is 4.74 Å². The van der Waals surface area contributed by atoms with Gasteiger partial charge >= 0.3 is 0 Å². The van der Waals surface area contributed by atoms with Crippen LogP contribution in [0.25, 0.3) is 0 Å². The van der Waals surface area contributed by atoms with Crippen LogP contribution in [0.15, 0.2) is 18.2 Å². The van der Waals surface area contributed by atoms with Crippen LogP contribution < -0.4 is 10.1 Å². The van der Waals surface area contributed by atoms with E-state index in [1.54, 1.807) is 7.11 Å². The fourth-order valence-electron chi connectivity index (χ4n) is 2.03. The molecule has 1 aromatic rings. The maximum atomic E-state index is 5.46. The Hall–Kier alpha value is -0.670. The van der Waals surface area contributed by atoms with Crippen molar-refractivity contribution in [1.82, 2.24) is 5.32 Å². The van der Waals surface area contributed by atoms with Crippen LogP contribution in [0.5, 0.6) is 5.75 Å². The van der Waals surface area contributed by atoms with Crippen molar-refractivity contribution in [3.8, 4) is 5.75 Å². The highest BCUT2D eigenvalue weighted by molar-refractivity contribution is 7.98. The van der Waals surface area contributed by atoms with E-state index in [0.29, 0.717) is 0 Å². The quantitative estimate of drug-likeness (QED) is 0.691. The number of thioether (sulfide) groups is 1. The molecule has 1 aromatic carbocycles. The lowest BCUT2D eigenvalue weighted by molar-refractivity contribution is 0.411. The standard InChI is InChI=1S/C16H25NOS/c1-3-4-9-19-12-14-10-13(5-8-16(14)18-2)11-17-15-6-7-15/h5,8,10,15,17H,3-4,6-7,9,11-12H2,1-2H3. The van der Waals surface area contributed by atoms with Crippen molar-refractivity contribution in [3.05, 3.63) is 29.3 Å². The van der Waals surface area contributed by atoms with Gasteiger partial charge in [-0.3, -0.25) is 0 Å². The van der Waals surface area contributed by atoms with Crippen LogP contribution in [0.1, 0.15) is 43.7 Å². The number of benzene rings is 1. The minimum absolute atomic E-state index is 0.768. The SMILES string of the molecule is CCCCSCc1cc(CNC2CC2)ccc1OC. The molecule has 0 aliphatic heterocycles. The van der Waals surface area contributed by atoms with Gasteiger partial charge < -0.3 is 10.1 Å². The molecule has 106 valence electrons. The van der Waals surface area contributed by atoms with E-state index in [4.69, 9.17) is 4.74 Å². The predicted molar refractivity (Wildman–Crippen MR) is 83.9 cm³/mol. The highest BCUT2D eigenvalue weighted by atomic mass is 32.2. The van der Waals surface area contributed by atoms with Crippen LogP contribution in [-0.4, -0.2) is 18.9 Å². The van der Waals surface area contributed by atoms with Gasteiger partial charge in [-0.25, -0.2) is 0 Å². The third-order valence-electron chi connectivity index (χ3n) is 3.42. The first-order chi connectivity index (χ1) is 9.33. The number of rotatable bonds is 9. The molecule has 1 N–H and O–H groups in total. The lowest BCUT2D eigenvalue weighted by Gasteiger charge is -2.11. The second-order valence-electron chi connectivity index (χ2n) is 5.21. The zero-order chi connectivity index (χ0) is 13.5. The Morgan fingerprint density at radius 3 is 2.89 bits per heavy atom. The van der Waals surface area contributed by atoms with Gasteiger partial charge in [-0.05, 0) is 42.7 Å². The van der Waals surface area contributed by atoms with Crippen molar-refractivity contribution in [2.45, 2.75) is 50.9 Å². The van der Waals surface area contributed by atoms with Gasteiger partial charge in [-0.2, -0.15) is 11.8 Å². The Bertz CT molecular complexity index is 390. The van der Waals surface area contributed by atoms with Crippen LogP contribution in [0, 0.1) is 0 Å². The number of methoxy groups -OCH3 is 1. The first-order valence-electron chi connectivity index (χ1n) is 7.30. The number of ether oxygens (including phenoxy) is 1. The van der Waals surface area contributed by atoms with E-state index in [9.17, 15) is 0 Å². The van der Waals surface area contributed by atoms with Crippen LogP contribution in [0.3, 0.4) is 0 Å². The first kappa shape index (κ1) is 14.7. The van der Waals surface area contributed by atoms with Crippen LogP contribution >= 0.6 is 11.8 Å². The Morgan fingerprint density at radius 2 is 2.21 bits per heavy atom. The van der Waals surface area contributed by atoms with Crippen LogP contribution in [0.4, 0.5) is 0 Å². The molecule has 0 saturated heterocycles. The zero-order valence-electron chi connectivity index (χ0n) is 12.1. The molecule has 0 unspecified atom stereocenters. The Morgan fingerprint density at radius 1 is 1.37 bits per heavy atom. The molecule has 0 radical (unpaired) electrons. The molecular weight excluding hydrogens is 254 g/mol. The smallest absolute Gasteiger partial charge is 0.122 e. The van der Waals surface area contributed by atoms with Gasteiger partial charge in [0.15, 0.2) is 0 Å². The molecule has 0 amide bonds. The number of hydrogen-bond donors (Lipinski definition) is 1. The van der Waals surface area contributed by atoms with Gasteiger partial charge in [-0.15, -0.1) is 0 Å². The molecule has 1 fully saturated rings. The Kier molecular flexibility index (Phi) is 6.05. The summed E-state index contributed by atoms with van der Waals surface area (Å²) in [6, 6.07) is 7.35. The predicted octanol–water partition coefficient (Wildman–Crippen LogP) is 3.98. The Balaban J connectivity index is 1.90. The summed E-state index contributed by atoms with van der Waals surface area (Å²) in [6.45, 7) is 3.23. The maximum absolute atomic E-state index is 5.46. The molecule has 0 spiro atoms. The van der Waals surface area contributed by atoms with E-state index in [1.807, 2.05) is 11.8 Å². The minimum Gasteiger partial charge on any atom is -0.496 e. The van der Waals surface area contributed by atoms with Crippen LogP contribution in [0.2, 0.25) is 0 Å². The van der Waals surface area contributed by atoms with Gasteiger partial charge in [0, 0.05) is 23.9 Å². The summed E-state index contributed by atoms with van der Waals surface area (Å²) in [5.41, 5.74) is 2.71. The summed E-state index contributed by atoms with van der Waals surface area (Å²) in [7, 11) is 1.76. The largest absolute Gasteiger partial charge is 0.496 e. The van der Waals surface area contributed by atoms with Gasteiger partial charge in [0.1, 0.15) is 5.75 Å². The molecule has 1 aliphatic rings. The average molecular weight is 279 g/mol. The first-order valence-corrected chi connectivity index (χ1v) is 8.46. The van der Waals surface area contributed by atoms with E-state index in [2.05, 4.69) is 30.4 Å². The number of hydrogen-bond acceptors (Lipinski definition) is 3. The summed E-state index contributed by atoms with van der Waals surface area (Å²) in [4.78, 5) is 0. The summed E-state index contributed by atoms with van der Waals surface area (Å²) in [6.07, 6.45) is 5.26. The molecule has 19 heavy (non-hydrogen) atoms. The van der Waals surface area contributed by atoms with Crippen molar-refractivity contribution >= 4 is 11.8 Å². The molecule has 3 heteroatoms. The number of unbranched alkanes of at least 4 members (excludes halogenated alkanes) is 1. The highest BCUT2D eigenvalue weighted by Crippen LogP contribution is 2.26. The van der Waals surface area contributed by atoms with E-state index in [-0.39, 0.29) is 0 Å². The number of nitrogens with one attached hydrogen (secondary N) is 1. The van der Waals surface area contributed by atoms with Crippen molar-refractivity contribution in [2.75, 3.05) is 12.9 Å². The molecule has 2 nitrogen and oxygen atoms in total. The van der Waals surface area contributed by atoms with Gasteiger partial charge in [0.05, 0.1) is 7.11 Å². The van der Waals surface area contributed by atoms with Crippen molar-refractivity contribution in [2.24, 2.45) is 0 Å². The summed E-state index contributed by atoms with van der Waals surface area (Å²) < 4.78 is 5.46. The zero-order valence-corrected chi connectivity index (χ0v) is 12.9. The monoisotopic (exact) mass is 279 g/mol. The lowest BCUT2D eigenvalue weighted by atomic mass is 10.1. The van der Waals surface area contributed by atoms with Gasteiger partial charge in [0.25, 0.3) is 0 Å². The molecule has 1 aliphatic carbocycles. The molecule has 2 rings (SSSR count). The second-order valence-corrected chi connectivity index (χ2v) is 6.31. The molecule has 1 saturated carbocycles. The maximum Gasteiger partial charge on any atom is 0.122 e. The normalized spacial score (nSPS) is 14.6. The lowest BCUT2D eigenvalue weighted by Crippen LogP contribution is -2.15. The minimum atomic E-state index is 0.768. The van der Waals surface area contributed by atoms with Crippen LogP contribution in [-0.2, 0) is 12.3 Å². The summed E-state index contributed by atoms with van der Waals surface area (Å²) in [5, 5.41) is 3.57. The second kappa shape index (κ2) is 7.81. The molecular formula is C16H25NOS. The Labute approximate surface area is 121 Å². The van der Waals surface area contributed by atoms with E-state index < -0.39 is 0 Å². The van der Waals surface area contributed by atoms with Gasteiger partial charge in [-0.1, -0.05) is 19.4 Å². The molecule has 0 bridgehead atoms. The molecule has 0 atom stereocenters. The third kappa shape index (κ3) is 5.07. The molecule has 0 heterocycles. The molecule has 0 aromatic heterocycles. The third-order valence-corrected chi connectivity index (χ3v) is 4.51. The van der Waals surface area contributed by atoms with Gasteiger partial charge in [0.2, 0.25) is 0 Å². The fraction of sp³-hybridized carbons (Fsp3) is 0.625. The summed E-state index contributed by atoms with van der Waals surface area (Å²) >= 11 is 2.01.